The number of nitrogens with zero attached hydrogens (tertiary/aromatic N) is 4. The zero-order valence-electron chi connectivity index (χ0n) is 33.7. The molecule has 20 nitrogen and oxygen atoms in total. The Morgan fingerprint density at radius 3 is 1.64 bits per heavy atom. The SMILES string of the molecule is CC[C@H](C)[C@H](NC(=O)[C@H](CCSC)NC(=O)Nc1ccc(CNC(=O)CN2CCN(CC(=O)O)CCN(CC(=O)O)CCN(CC(=O)O)CC2)cc1)C(=O)NCCN. The number of amides is 5. The minimum Gasteiger partial charge on any atom is -0.480 e. The van der Waals surface area contributed by atoms with E-state index in [1.54, 1.807) is 39.0 Å². The van der Waals surface area contributed by atoms with Crippen LogP contribution < -0.4 is 32.3 Å². The van der Waals surface area contributed by atoms with E-state index in [9.17, 15) is 48.9 Å². The maximum Gasteiger partial charge on any atom is 0.319 e. The van der Waals surface area contributed by atoms with Crippen LogP contribution >= 0.6 is 11.8 Å². The summed E-state index contributed by atoms with van der Waals surface area (Å²) in [6, 6.07) is 4.45. The number of carbonyl (C=O) groups is 7. The molecule has 1 heterocycles. The van der Waals surface area contributed by atoms with Crippen molar-refractivity contribution in [3.8, 4) is 0 Å². The Kier molecular flexibility index (Phi) is 23.3. The molecule has 1 aromatic rings. The Hall–Kier alpha value is -4.54. The first-order valence-corrected chi connectivity index (χ1v) is 20.8. The molecule has 0 unspecified atom stereocenters. The summed E-state index contributed by atoms with van der Waals surface area (Å²) < 4.78 is 0. The van der Waals surface area contributed by atoms with E-state index in [2.05, 4.69) is 26.6 Å². The van der Waals surface area contributed by atoms with E-state index in [-0.39, 0.29) is 103 Å². The second-order valence-electron chi connectivity index (χ2n) is 14.1. The second-order valence-corrected chi connectivity index (χ2v) is 15.1. The molecule has 10 N–H and O–H groups in total. The highest BCUT2D eigenvalue weighted by molar-refractivity contribution is 7.98. The Balaban J connectivity index is 2.02. The fourth-order valence-corrected chi connectivity index (χ4v) is 6.51. The average molecular weight is 839 g/mol. The number of hydrogen-bond acceptors (Lipinski definition) is 13. The number of hydrogen-bond donors (Lipinski definition) is 9. The van der Waals surface area contributed by atoms with Crippen molar-refractivity contribution in [2.75, 3.05) is 109 Å². The third-order valence-corrected chi connectivity index (χ3v) is 10.2. The molecule has 1 saturated heterocycles. The van der Waals surface area contributed by atoms with E-state index < -0.39 is 41.9 Å². The molecule has 0 aliphatic carbocycles. The van der Waals surface area contributed by atoms with E-state index in [1.165, 1.54) is 11.8 Å². The Morgan fingerprint density at radius 1 is 0.724 bits per heavy atom. The van der Waals surface area contributed by atoms with Gasteiger partial charge in [-0.15, -0.1) is 0 Å². The molecule has 326 valence electrons. The summed E-state index contributed by atoms with van der Waals surface area (Å²) in [5.74, 6) is -3.80. The number of nitrogens with one attached hydrogen (secondary N) is 5. The summed E-state index contributed by atoms with van der Waals surface area (Å²) in [5.41, 5.74) is 6.70. The standard InChI is InChI=1S/C37H62N10O10S/c1-4-26(2)34(36(56)39-11-10-38)43-35(55)29(9-20-58-3)42-37(57)41-28-7-5-27(6-8-28)21-40-30(48)22-44-12-14-45(23-31(49)50)16-18-47(25-33(53)54)19-17-46(15-13-44)24-32(51)52/h5-8,26,29,34H,4,9-25,38H2,1-3H3,(H,39,56)(H,40,48)(H,43,55)(H,49,50)(H,51,52)(H,53,54)(H2,41,42,57)/t26-,29-,34-/m0/s1. The van der Waals surface area contributed by atoms with Gasteiger partial charge in [0.1, 0.15) is 12.1 Å². The molecule has 0 spiro atoms. The summed E-state index contributed by atoms with van der Waals surface area (Å²) in [7, 11) is 0. The number of thioether (sulfide) groups is 1. The minimum atomic E-state index is -1.04. The van der Waals surface area contributed by atoms with Gasteiger partial charge in [0.25, 0.3) is 0 Å². The van der Waals surface area contributed by atoms with Crippen LogP contribution in [-0.4, -0.2) is 192 Å². The van der Waals surface area contributed by atoms with Crippen molar-refractivity contribution in [2.45, 2.75) is 45.3 Å². The van der Waals surface area contributed by atoms with Crippen LogP contribution in [0, 0.1) is 5.92 Å². The summed E-state index contributed by atoms with van der Waals surface area (Å²) >= 11 is 1.52. The van der Waals surface area contributed by atoms with Gasteiger partial charge >= 0.3 is 23.9 Å². The van der Waals surface area contributed by atoms with Crippen molar-refractivity contribution in [1.82, 2.24) is 40.9 Å². The third kappa shape index (κ3) is 20.2. The van der Waals surface area contributed by atoms with E-state index in [4.69, 9.17) is 5.73 Å². The van der Waals surface area contributed by atoms with E-state index in [0.717, 1.165) is 5.56 Å². The average Bonchev–Trinajstić information content (AvgIpc) is 3.17. The lowest BCUT2D eigenvalue weighted by molar-refractivity contribution is -0.140. The molecule has 1 aliphatic heterocycles. The molecule has 0 saturated carbocycles. The number of anilines is 1. The van der Waals surface area contributed by atoms with Gasteiger partial charge in [-0.05, 0) is 42.0 Å². The van der Waals surface area contributed by atoms with Gasteiger partial charge in [-0.1, -0.05) is 32.4 Å². The summed E-state index contributed by atoms with van der Waals surface area (Å²) in [4.78, 5) is 93.6. The molecular formula is C37H62N10O10S. The molecule has 21 heteroatoms. The lowest BCUT2D eigenvalue weighted by atomic mass is 9.97. The van der Waals surface area contributed by atoms with Crippen LogP contribution in [0.1, 0.15) is 32.3 Å². The minimum absolute atomic E-state index is 0.0332. The van der Waals surface area contributed by atoms with Gasteiger partial charge < -0.3 is 47.6 Å². The monoisotopic (exact) mass is 838 g/mol. The maximum absolute atomic E-state index is 13.3. The quantitative estimate of drug-likeness (QED) is 0.0651. The Labute approximate surface area is 344 Å². The molecule has 0 aromatic heterocycles. The summed E-state index contributed by atoms with van der Waals surface area (Å²) in [6.45, 7) is 5.94. The topological polar surface area (TPSA) is 279 Å². The number of benzene rings is 1. The molecule has 1 aliphatic rings. The molecule has 58 heavy (non-hydrogen) atoms. The molecule has 0 radical (unpaired) electrons. The first kappa shape index (κ1) is 49.6. The fraction of sp³-hybridized carbons (Fsp3) is 0.649. The van der Waals surface area contributed by atoms with Crippen LogP contribution in [0.15, 0.2) is 24.3 Å². The van der Waals surface area contributed by atoms with Crippen molar-refractivity contribution >= 4 is 59.1 Å². The Morgan fingerprint density at radius 2 is 1.21 bits per heavy atom. The zero-order valence-corrected chi connectivity index (χ0v) is 34.6. The van der Waals surface area contributed by atoms with Crippen molar-refractivity contribution in [1.29, 1.82) is 0 Å². The Bertz CT molecular complexity index is 1460. The molecule has 0 bridgehead atoms. The summed E-state index contributed by atoms with van der Waals surface area (Å²) in [6.07, 6.45) is 2.87. The maximum atomic E-state index is 13.3. The van der Waals surface area contributed by atoms with Gasteiger partial charge in [-0.2, -0.15) is 11.8 Å². The molecule has 2 rings (SSSR count). The lowest BCUT2D eigenvalue weighted by Crippen LogP contribution is -2.56. The number of carbonyl (C=O) groups excluding carboxylic acids is 4. The number of aliphatic carboxylic acids is 3. The normalized spacial score (nSPS) is 16.7. The highest BCUT2D eigenvalue weighted by Crippen LogP contribution is 2.12. The lowest BCUT2D eigenvalue weighted by Gasteiger charge is -2.32. The van der Waals surface area contributed by atoms with E-state index in [1.807, 2.05) is 25.0 Å². The van der Waals surface area contributed by atoms with Crippen LogP contribution in [0.25, 0.3) is 0 Å². The summed E-state index contributed by atoms with van der Waals surface area (Å²) in [5, 5.41) is 42.1. The highest BCUT2D eigenvalue weighted by Gasteiger charge is 2.30. The van der Waals surface area contributed by atoms with Crippen molar-refractivity contribution in [3.05, 3.63) is 29.8 Å². The molecule has 1 fully saturated rings. The largest absolute Gasteiger partial charge is 0.480 e. The van der Waals surface area contributed by atoms with Gasteiger partial charge in [0.2, 0.25) is 17.7 Å². The third-order valence-electron chi connectivity index (χ3n) is 9.54. The number of nitrogens with two attached hydrogens (primary N) is 1. The van der Waals surface area contributed by atoms with Gasteiger partial charge in [0.15, 0.2) is 0 Å². The number of carboxylic acids is 3. The number of urea groups is 1. The van der Waals surface area contributed by atoms with Gasteiger partial charge in [-0.3, -0.25) is 48.4 Å². The fourth-order valence-electron chi connectivity index (χ4n) is 6.04. The van der Waals surface area contributed by atoms with Crippen molar-refractivity contribution < 1.29 is 48.9 Å². The predicted octanol–water partition coefficient (Wildman–Crippen LogP) is -1.37. The number of rotatable bonds is 22. The van der Waals surface area contributed by atoms with Crippen molar-refractivity contribution in [2.24, 2.45) is 11.7 Å². The van der Waals surface area contributed by atoms with Crippen LogP contribution in [0.5, 0.6) is 0 Å². The predicted molar refractivity (Wildman–Crippen MR) is 219 cm³/mol. The van der Waals surface area contributed by atoms with E-state index in [0.29, 0.717) is 37.4 Å². The van der Waals surface area contributed by atoms with Crippen LogP contribution in [0.2, 0.25) is 0 Å². The first-order valence-electron chi connectivity index (χ1n) is 19.4. The second kappa shape index (κ2) is 27.2. The zero-order chi connectivity index (χ0) is 43.0. The van der Waals surface area contributed by atoms with Gasteiger partial charge in [-0.25, -0.2) is 4.79 Å². The first-order chi connectivity index (χ1) is 27.6. The molecule has 5 amide bonds. The molecule has 3 atom stereocenters. The van der Waals surface area contributed by atoms with E-state index >= 15 is 0 Å². The van der Waals surface area contributed by atoms with Crippen molar-refractivity contribution in [3.63, 3.8) is 0 Å². The van der Waals surface area contributed by atoms with Crippen LogP contribution in [0.4, 0.5) is 10.5 Å². The highest BCUT2D eigenvalue weighted by atomic mass is 32.2. The van der Waals surface area contributed by atoms with Crippen LogP contribution in [0.3, 0.4) is 0 Å². The molecular weight excluding hydrogens is 777 g/mol. The number of carboxylic acid groups (broad SMARTS) is 3. The molecule has 1 aromatic carbocycles. The van der Waals surface area contributed by atoms with Crippen LogP contribution in [-0.2, 0) is 35.3 Å². The van der Waals surface area contributed by atoms with Gasteiger partial charge in [0, 0.05) is 77.7 Å². The van der Waals surface area contributed by atoms with Gasteiger partial charge in [0.05, 0.1) is 26.2 Å². The smallest absolute Gasteiger partial charge is 0.319 e.